The number of aromatic nitrogens is 1. The van der Waals surface area contributed by atoms with E-state index in [1.165, 1.54) is 6.08 Å². The average Bonchev–Trinajstić information content (AvgIpc) is 3.22. The fraction of sp³-hybridized carbons (Fsp3) is 0.368. The summed E-state index contributed by atoms with van der Waals surface area (Å²) in [4.78, 5) is 12.8. The van der Waals surface area contributed by atoms with Crippen molar-refractivity contribution in [3.05, 3.63) is 56.1 Å². The Labute approximate surface area is 183 Å². The van der Waals surface area contributed by atoms with E-state index in [9.17, 15) is 18.3 Å². The molecule has 1 aliphatic heterocycles. The summed E-state index contributed by atoms with van der Waals surface area (Å²) in [5.74, 6) is -1.04. The zero-order chi connectivity index (χ0) is 22.4. The number of aliphatic hydroxyl groups is 1. The maximum absolute atomic E-state index is 13.3. The summed E-state index contributed by atoms with van der Waals surface area (Å²) in [5.41, 5.74) is 9.41. The first-order valence-electron chi connectivity index (χ1n) is 8.96. The molecule has 2 unspecified atom stereocenters. The molecule has 0 bridgehead atoms. The van der Waals surface area contributed by atoms with Crippen LogP contribution in [0.1, 0.15) is 33.5 Å². The van der Waals surface area contributed by atoms with Gasteiger partial charge in [0.1, 0.15) is 20.7 Å². The number of sulfonamides is 1. The van der Waals surface area contributed by atoms with Crippen LogP contribution in [-0.4, -0.2) is 29.8 Å². The molecule has 1 amide bonds. The summed E-state index contributed by atoms with van der Waals surface area (Å²) in [6.45, 7) is 6.70. The Hall–Kier alpha value is -2.01. The highest BCUT2D eigenvalue weighted by Gasteiger charge is 2.55. The molecule has 3 rings (SSSR count). The second kappa shape index (κ2) is 7.92. The number of halogens is 1. The molecule has 1 aliphatic rings. The van der Waals surface area contributed by atoms with Gasteiger partial charge in [-0.3, -0.25) is 4.79 Å². The molecule has 0 saturated carbocycles. The van der Waals surface area contributed by atoms with Crippen LogP contribution in [0.25, 0.3) is 0 Å². The number of aliphatic hydroxyl groups excluding tert-OH is 1. The molecule has 0 radical (unpaired) electrons. The smallest absolute Gasteiger partial charge is 0.257 e. The normalized spacial score (nSPS) is 21.2. The molecule has 8 nitrogen and oxygen atoms in total. The van der Waals surface area contributed by atoms with Crippen LogP contribution in [0.3, 0.4) is 0 Å². The van der Waals surface area contributed by atoms with Crippen LogP contribution in [0.15, 0.2) is 22.1 Å². The number of nitrogens with one attached hydrogen (secondary N) is 1. The maximum Gasteiger partial charge on any atom is 0.257 e. The fourth-order valence-corrected chi connectivity index (χ4v) is 7.43. The Morgan fingerprint density at radius 3 is 2.57 bits per heavy atom. The number of nitrogens with zero attached hydrogens (tertiary/aromatic N) is 1. The van der Waals surface area contributed by atoms with E-state index in [4.69, 9.17) is 21.9 Å². The molecule has 1 aromatic heterocycles. The van der Waals surface area contributed by atoms with Gasteiger partial charge in [-0.15, -0.1) is 11.8 Å². The summed E-state index contributed by atoms with van der Waals surface area (Å²) in [7, 11) is -4.23. The predicted octanol–water partition coefficient (Wildman–Crippen LogP) is 2.81. The topological polar surface area (TPSA) is 136 Å². The fourth-order valence-electron chi connectivity index (χ4n) is 3.92. The number of hydrogen-bond donors (Lipinski definition) is 3. The Morgan fingerprint density at radius 2 is 2.03 bits per heavy atom. The van der Waals surface area contributed by atoms with Crippen molar-refractivity contribution in [3.8, 4) is 0 Å². The van der Waals surface area contributed by atoms with E-state index in [-0.39, 0.29) is 17.5 Å². The highest BCUT2D eigenvalue weighted by Crippen LogP contribution is 2.51. The molecule has 30 heavy (non-hydrogen) atoms. The average molecular weight is 472 g/mol. The Bertz CT molecular complexity index is 1160. The van der Waals surface area contributed by atoms with Crippen molar-refractivity contribution < 1.29 is 22.8 Å². The van der Waals surface area contributed by atoms with Gasteiger partial charge in [0.05, 0.1) is 6.61 Å². The summed E-state index contributed by atoms with van der Waals surface area (Å²) in [6.07, 6.45) is 1.41. The molecule has 0 aliphatic carbocycles. The van der Waals surface area contributed by atoms with Crippen LogP contribution in [-0.2, 0) is 26.2 Å². The Kier molecular flexibility index (Phi) is 5.98. The second-order valence-corrected chi connectivity index (χ2v) is 10.5. The number of carbonyl (C=O) groups is 1. The van der Waals surface area contributed by atoms with E-state index in [1.54, 1.807) is 26.2 Å². The van der Waals surface area contributed by atoms with Gasteiger partial charge in [-0.25, -0.2) is 13.1 Å². The quantitative estimate of drug-likeness (QED) is 0.589. The van der Waals surface area contributed by atoms with Crippen molar-refractivity contribution in [1.29, 1.82) is 0 Å². The van der Waals surface area contributed by atoms with E-state index in [0.29, 0.717) is 27.9 Å². The Morgan fingerprint density at radius 1 is 1.37 bits per heavy atom. The molecular weight excluding hydrogens is 450 g/mol. The lowest BCUT2D eigenvalue weighted by Gasteiger charge is -2.35. The van der Waals surface area contributed by atoms with Crippen molar-refractivity contribution in [1.82, 2.24) is 5.16 Å². The van der Waals surface area contributed by atoms with E-state index < -0.39 is 25.9 Å². The number of anilines is 1. The monoisotopic (exact) mass is 471 g/mol. The highest BCUT2D eigenvalue weighted by molar-refractivity contribution is 8.05. The number of primary amides is 1. The van der Waals surface area contributed by atoms with Crippen molar-refractivity contribution in [2.75, 3.05) is 4.72 Å². The minimum absolute atomic E-state index is 0.0307. The molecule has 1 aromatic carbocycles. The number of hydrogen-bond acceptors (Lipinski definition) is 7. The van der Waals surface area contributed by atoms with Gasteiger partial charge < -0.3 is 15.4 Å². The molecule has 2 atom stereocenters. The van der Waals surface area contributed by atoms with Gasteiger partial charge in [0.15, 0.2) is 0 Å². The molecule has 162 valence electrons. The second-order valence-electron chi connectivity index (χ2n) is 7.17. The lowest BCUT2D eigenvalue weighted by molar-refractivity contribution is -0.120. The third-order valence-corrected chi connectivity index (χ3v) is 8.86. The third kappa shape index (κ3) is 3.41. The summed E-state index contributed by atoms with van der Waals surface area (Å²) < 4.78 is 32.3. The van der Waals surface area contributed by atoms with Gasteiger partial charge in [-0.2, -0.15) is 0 Å². The molecule has 0 spiro atoms. The van der Waals surface area contributed by atoms with Crippen molar-refractivity contribution in [2.45, 2.75) is 44.3 Å². The minimum Gasteiger partial charge on any atom is -0.392 e. The number of rotatable bonds is 6. The zero-order valence-corrected chi connectivity index (χ0v) is 19.2. The van der Waals surface area contributed by atoms with Crippen molar-refractivity contribution >= 4 is 45.2 Å². The maximum atomic E-state index is 13.3. The van der Waals surface area contributed by atoms with Crippen LogP contribution in [0.2, 0.25) is 5.02 Å². The molecule has 11 heteroatoms. The standard InChI is InChI=1S/C19H22ClN3O5S2/c1-9-7-10(2)15(11(3)13(9)8-24)19(18(21)25)14(5-6-29-19)30(26,27)23-17-16(20)12(4)22-28-17/h5-7,14,23-24H,8H2,1-4H3,(H2,21,25). The van der Waals surface area contributed by atoms with Crippen molar-refractivity contribution in [3.63, 3.8) is 0 Å². The van der Waals surface area contributed by atoms with Crippen LogP contribution < -0.4 is 10.5 Å². The first kappa shape index (κ1) is 22.7. The van der Waals surface area contributed by atoms with Gasteiger partial charge in [-0.05, 0) is 60.9 Å². The lowest BCUT2D eigenvalue weighted by atomic mass is 9.83. The highest BCUT2D eigenvalue weighted by atomic mass is 35.5. The largest absolute Gasteiger partial charge is 0.392 e. The minimum atomic E-state index is -4.23. The van der Waals surface area contributed by atoms with E-state index in [0.717, 1.165) is 17.3 Å². The number of amides is 1. The van der Waals surface area contributed by atoms with Gasteiger partial charge in [0, 0.05) is 0 Å². The van der Waals surface area contributed by atoms with Crippen LogP contribution in [0, 0.1) is 27.7 Å². The molecule has 0 fully saturated rings. The lowest BCUT2D eigenvalue weighted by Crippen LogP contribution is -2.50. The number of carbonyl (C=O) groups excluding carboxylic acids is 1. The van der Waals surface area contributed by atoms with E-state index >= 15 is 0 Å². The van der Waals surface area contributed by atoms with Gasteiger partial charge >= 0.3 is 0 Å². The van der Waals surface area contributed by atoms with E-state index in [2.05, 4.69) is 9.88 Å². The van der Waals surface area contributed by atoms with E-state index in [1.807, 2.05) is 13.0 Å². The number of aryl methyl sites for hydroxylation is 3. The van der Waals surface area contributed by atoms with Gasteiger partial charge in [-0.1, -0.05) is 28.9 Å². The zero-order valence-electron chi connectivity index (χ0n) is 16.8. The van der Waals surface area contributed by atoms with Crippen LogP contribution in [0.4, 0.5) is 5.88 Å². The van der Waals surface area contributed by atoms with Gasteiger partial charge in [0.25, 0.3) is 5.88 Å². The first-order valence-corrected chi connectivity index (χ1v) is 11.8. The Balaban J connectivity index is 2.21. The third-order valence-electron chi connectivity index (χ3n) is 5.29. The summed E-state index contributed by atoms with van der Waals surface area (Å²) in [6, 6.07) is 1.81. The predicted molar refractivity (Wildman–Crippen MR) is 117 cm³/mol. The number of nitrogens with two attached hydrogens (primary N) is 1. The molecule has 2 heterocycles. The van der Waals surface area contributed by atoms with Crippen LogP contribution in [0.5, 0.6) is 0 Å². The number of thioether (sulfide) groups is 1. The summed E-state index contributed by atoms with van der Waals surface area (Å²) >= 11 is 7.08. The van der Waals surface area contributed by atoms with Gasteiger partial charge in [0.2, 0.25) is 15.9 Å². The molecule has 2 aromatic rings. The molecule has 4 N–H and O–H groups in total. The SMILES string of the molecule is Cc1cc(C)c(C2(C(N)=O)SC=CC2S(=O)(=O)Nc2onc(C)c2Cl)c(C)c1CO. The van der Waals surface area contributed by atoms with Crippen molar-refractivity contribution in [2.24, 2.45) is 5.73 Å². The molecular formula is C19H22ClN3O5S2. The molecule has 0 saturated heterocycles. The first-order chi connectivity index (χ1) is 14.0. The summed E-state index contributed by atoms with van der Waals surface area (Å²) in [5, 5.41) is 13.7. The number of benzene rings is 1. The van der Waals surface area contributed by atoms with Crippen LogP contribution >= 0.6 is 23.4 Å².